The van der Waals surface area contributed by atoms with E-state index in [1.54, 1.807) is 0 Å². The lowest BCUT2D eigenvalue weighted by molar-refractivity contribution is 0.178. The Morgan fingerprint density at radius 2 is 1.83 bits per heavy atom. The van der Waals surface area contributed by atoms with Gasteiger partial charge in [0.15, 0.2) is 5.96 Å². The number of imidazole rings is 1. The van der Waals surface area contributed by atoms with Gasteiger partial charge in [-0.15, -0.1) is 0 Å². The molecule has 0 saturated heterocycles. The summed E-state index contributed by atoms with van der Waals surface area (Å²) in [5.41, 5.74) is 0. The Bertz CT molecular complexity index is 470. The van der Waals surface area contributed by atoms with E-state index in [1.807, 2.05) is 26.4 Å². The van der Waals surface area contributed by atoms with Crippen LogP contribution in [-0.4, -0.2) is 59.2 Å². The van der Waals surface area contributed by atoms with Crippen molar-refractivity contribution in [1.82, 2.24) is 25.1 Å². The lowest BCUT2D eigenvalue weighted by Crippen LogP contribution is -2.45. The summed E-state index contributed by atoms with van der Waals surface area (Å²) in [5, 5.41) is 6.80. The zero-order valence-corrected chi connectivity index (χ0v) is 16.3. The first-order chi connectivity index (χ1) is 11.5. The highest BCUT2D eigenvalue weighted by molar-refractivity contribution is 5.79. The second-order valence-electron chi connectivity index (χ2n) is 6.73. The van der Waals surface area contributed by atoms with E-state index >= 15 is 0 Å². The highest BCUT2D eigenvalue weighted by atomic mass is 15.2. The molecule has 6 nitrogen and oxygen atoms in total. The number of hydrogen-bond donors (Lipinski definition) is 2. The lowest BCUT2D eigenvalue weighted by Gasteiger charge is -2.30. The molecule has 2 N–H and O–H groups in total. The van der Waals surface area contributed by atoms with Gasteiger partial charge >= 0.3 is 0 Å². The first-order valence-corrected chi connectivity index (χ1v) is 9.13. The van der Waals surface area contributed by atoms with Crippen LogP contribution in [0.5, 0.6) is 0 Å². The number of guanidine groups is 1. The van der Waals surface area contributed by atoms with E-state index in [-0.39, 0.29) is 0 Å². The highest BCUT2D eigenvalue weighted by Gasteiger charge is 2.12. The van der Waals surface area contributed by atoms with Crippen molar-refractivity contribution in [2.45, 2.75) is 66.1 Å². The normalized spacial score (nSPS) is 12.5. The zero-order valence-electron chi connectivity index (χ0n) is 16.3. The number of aliphatic imine (C=N–C) groups is 1. The van der Waals surface area contributed by atoms with Crippen LogP contribution in [0.3, 0.4) is 0 Å². The molecule has 0 aromatic carbocycles. The summed E-state index contributed by atoms with van der Waals surface area (Å²) in [6.45, 7) is 14.9. The van der Waals surface area contributed by atoms with Crippen molar-refractivity contribution in [3.8, 4) is 0 Å². The molecule has 0 aliphatic heterocycles. The molecule has 0 saturated carbocycles. The molecular weight excluding hydrogens is 300 g/mol. The van der Waals surface area contributed by atoms with Gasteiger partial charge in [0.05, 0.1) is 0 Å². The molecule has 0 radical (unpaired) electrons. The van der Waals surface area contributed by atoms with Gasteiger partial charge in [-0.3, -0.25) is 9.89 Å². The summed E-state index contributed by atoms with van der Waals surface area (Å²) in [6, 6.07) is 1.13. The highest BCUT2D eigenvalue weighted by Crippen LogP contribution is 2.03. The Balaban J connectivity index is 2.17. The minimum Gasteiger partial charge on any atom is -0.356 e. The van der Waals surface area contributed by atoms with Crippen LogP contribution in [-0.2, 0) is 6.54 Å². The topological polar surface area (TPSA) is 57.5 Å². The largest absolute Gasteiger partial charge is 0.356 e. The molecule has 0 aliphatic carbocycles. The van der Waals surface area contributed by atoms with E-state index in [1.165, 1.54) is 0 Å². The number of unbranched alkanes of at least 4 members (excludes halogenated alkanes) is 1. The van der Waals surface area contributed by atoms with E-state index in [9.17, 15) is 0 Å². The van der Waals surface area contributed by atoms with Gasteiger partial charge in [0, 0.05) is 57.7 Å². The number of hydrogen-bond acceptors (Lipinski definition) is 3. The predicted octanol–water partition coefficient (Wildman–Crippen LogP) is 2.26. The van der Waals surface area contributed by atoms with Gasteiger partial charge in [-0.05, 0) is 47.5 Å². The average molecular weight is 337 g/mol. The Hall–Kier alpha value is -1.56. The van der Waals surface area contributed by atoms with Crippen LogP contribution in [0.1, 0.15) is 46.4 Å². The van der Waals surface area contributed by atoms with Gasteiger partial charge in [0.25, 0.3) is 0 Å². The van der Waals surface area contributed by atoms with Crippen molar-refractivity contribution in [2.75, 3.05) is 26.7 Å². The van der Waals surface area contributed by atoms with Gasteiger partial charge < -0.3 is 15.2 Å². The minimum absolute atomic E-state index is 0.563. The third-order valence-corrected chi connectivity index (χ3v) is 4.25. The molecule has 0 fully saturated rings. The molecule has 0 spiro atoms. The van der Waals surface area contributed by atoms with Crippen LogP contribution in [0.4, 0.5) is 0 Å². The van der Waals surface area contributed by atoms with Crippen LogP contribution >= 0.6 is 0 Å². The number of rotatable bonds is 10. The van der Waals surface area contributed by atoms with E-state index in [0.29, 0.717) is 12.1 Å². The smallest absolute Gasteiger partial charge is 0.191 e. The van der Waals surface area contributed by atoms with Crippen molar-refractivity contribution >= 4 is 5.96 Å². The summed E-state index contributed by atoms with van der Waals surface area (Å²) in [6.07, 6.45) is 6.15. The zero-order chi connectivity index (χ0) is 17.9. The third-order valence-electron chi connectivity index (χ3n) is 4.25. The molecule has 6 heteroatoms. The summed E-state index contributed by atoms with van der Waals surface area (Å²) < 4.78 is 2.19. The number of aryl methyl sites for hydroxylation is 2. The molecule has 24 heavy (non-hydrogen) atoms. The molecule has 0 unspecified atom stereocenters. The van der Waals surface area contributed by atoms with Crippen molar-refractivity contribution in [3.63, 3.8) is 0 Å². The minimum atomic E-state index is 0.563. The van der Waals surface area contributed by atoms with Gasteiger partial charge in [-0.1, -0.05) is 0 Å². The number of aromatic nitrogens is 2. The first kappa shape index (κ1) is 20.5. The van der Waals surface area contributed by atoms with Crippen molar-refractivity contribution < 1.29 is 0 Å². The summed E-state index contributed by atoms with van der Waals surface area (Å²) >= 11 is 0. The van der Waals surface area contributed by atoms with Gasteiger partial charge in [0.1, 0.15) is 5.82 Å². The van der Waals surface area contributed by atoms with Crippen molar-refractivity contribution in [3.05, 3.63) is 18.2 Å². The Morgan fingerprint density at radius 1 is 1.17 bits per heavy atom. The maximum Gasteiger partial charge on any atom is 0.191 e. The summed E-state index contributed by atoms with van der Waals surface area (Å²) in [7, 11) is 1.83. The van der Waals surface area contributed by atoms with E-state index in [2.05, 4.69) is 57.8 Å². The second-order valence-corrected chi connectivity index (χ2v) is 6.73. The Kier molecular flexibility index (Phi) is 9.45. The molecule has 1 aromatic heterocycles. The Morgan fingerprint density at radius 3 is 2.38 bits per heavy atom. The van der Waals surface area contributed by atoms with Crippen LogP contribution in [0, 0.1) is 6.92 Å². The monoisotopic (exact) mass is 336 g/mol. The second kappa shape index (κ2) is 11.1. The SMILES string of the molecule is CN=C(NCCCCn1ccnc1C)NCCN(C(C)C)C(C)C. The molecule has 1 rings (SSSR count). The summed E-state index contributed by atoms with van der Waals surface area (Å²) in [5.74, 6) is 1.97. The van der Waals surface area contributed by atoms with E-state index in [4.69, 9.17) is 0 Å². The molecular formula is C18H36N6. The van der Waals surface area contributed by atoms with Gasteiger partial charge in [-0.2, -0.15) is 0 Å². The fourth-order valence-electron chi connectivity index (χ4n) is 2.89. The van der Waals surface area contributed by atoms with Gasteiger partial charge in [0.2, 0.25) is 0 Å². The standard InChI is InChI=1S/C18H36N6/c1-15(2)24(16(3)4)14-11-22-18(19-6)21-9-7-8-12-23-13-10-20-17(23)5/h10,13,15-16H,7-9,11-12,14H2,1-6H3,(H2,19,21,22). The molecule has 0 aliphatic rings. The molecule has 1 heterocycles. The lowest BCUT2D eigenvalue weighted by atomic mass is 10.2. The van der Waals surface area contributed by atoms with Crippen LogP contribution in [0.25, 0.3) is 0 Å². The molecule has 138 valence electrons. The average Bonchev–Trinajstić information content (AvgIpc) is 2.93. The molecule has 0 atom stereocenters. The van der Waals surface area contributed by atoms with Gasteiger partial charge in [-0.25, -0.2) is 4.98 Å². The van der Waals surface area contributed by atoms with E-state index in [0.717, 1.165) is 50.8 Å². The fraction of sp³-hybridized carbons (Fsp3) is 0.778. The van der Waals surface area contributed by atoms with Crippen molar-refractivity contribution in [2.24, 2.45) is 4.99 Å². The molecule has 0 bridgehead atoms. The number of nitrogens with zero attached hydrogens (tertiary/aromatic N) is 4. The molecule has 0 amide bonds. The third kappa shape index (κ3) is 7.34. The first-order valence-electron chi connectivity index (χ1n) is 9.13. The van der Waals surface area contributed by atoms with E-state index < -0.39 is 0 Å². The molecule has 1 aromatic rings. The maximum absolute atomic E-state index is 4.30. The summed E-state index contributed by atoms with van der Waals surface area (Å²) in [4.78, 5) is 11.0. The number of nitrogens with one attached hydrogen (secondary N) is 2. The van der Waals surface area contributed by atoms with Crippen LogP contribution in [0.2, 0.25) is 0 Å². The maximum atomic E-state index is 4.30. The van der Waals surface area contributed by atoms with Crippen molar-refractivity contribution in [1.29, 1.82) is 0 Å². The predicted molar refractivity (Wildman–Crippen MR) is 103 cm³/mol. The quantitative estimate of drug-likeness (QED) is 0.391. The fourth-order valence-corrected chi connectivity index (χ4v) is 2.89. The van der Waals surface area contributed by atoms with Crippen LogP contribution < -0.4 is 10.6 Å². The van der Waals surface area contributed by atoms with Crippen LogP contribution in [0.15, 0.2) is 17.4 Å². The Labute approximate surface area is 147 Å².